The van der Waals surface area contributed by atoms with Gasteiger partial charge in [0.2, 0.25) is 0 Å². The van der Waals surface area contributed by atoms with E-state index in [-0.39, 0.29) is 11.7 Å². The largest absolute Gasteiger partial charge is 0.504 e. The van der Waals surface area contributed by atoms with Crippen molar-refractivity contribution in [3.05, 3.63) is 29.8 Å². The van der Waals surface area contributed by atoms with Crippen LogP contribution in [0.4, 0.5) is 0 Å². The Balaban J connectivity index is 2.02. The SMILES string of the molecule is CCOC(=O)[C@@]1(CCOC)CCCN(C/C=C/c2ccc(O)c(OC)c2)C1. The van der Waals surface area contributed by atoms with Gasteiger partial charge in [-0.2, -0.15) is 0 Å². The van der Waals surface area contributed by atoms with Gasteiger partial charge in [-0.3, -0.25) is 9.69 Å². The van der Waals surface area contributed by atoms with E-state index >= 15 is 0 Å². The molecule has 0 aromatic heterocycles. The van der Waals surface area contributed by atoms with Crippen LogP contribution >= 0.6 is 0 Å². The number of carbonyl (C=O) groups is 1. The number of esters is 1. The van der Waals surface area contributed by atoms with Gasteiger partial charge in [-0.25, -0.2) is 0 Å². The molecule has 1 atom stereocenters. The van der Waals surface area contributed by atoms with Gasteiger partial charge in [0.15, 0.2) is 11.5 Å². The minimum absolute atomic E-state index is 0.112. The second kappa shape index (κ2) is 10.3. The molecule has 0 bridgehead atoms. The van der Waals surface area contributed by atoms with Crippen LogP contribution in [0.25, 0.3) is 6.08 Å². The van der Waals surface area contributed by atoms with Gasteiger partial charge in [0.25, 0.3) is 0 Å². The lowest BCUT2D eigenvalue weighted by molar-refractivity contribution is -0.160. The summed E-state index contributed by atoms with van der Waals surface area (Å²) < 4.78 is 15.7. The van der Waals surface area contributed by atoms with E-state index in [1.807, 2.05) is 19.1 Å². The molecule has 2 rings (SSSR count). The number of carbonyl (C=O) groups excluding carboxylic acids is 1. The van der Waals surface area contributed by atoms with Crippen LogP contribution in [0.5, 0.6) is 11.5 Å². The van der Waals surface area contributed by atoms with E-state index in [0.717, 1.165) is 31.5 Å². The number of phenols is 1. The number of phenolic OH excluding ortho intramolecular Hbond substituents is 1. The van der Waals surface area contributed by atoms with Crippen molar-refractivity contribution >= 4 is 12.0 Å². The maximum atomic E-state index is 12.6. The fourth-order valence-corrected chi connectivity index (χ4v) is 3.57. The number of methoxy groups -OCH3 is 2. The molecular formula is C21H31NO5. The highest BCUT2D eigenvalue weighted by Gasteiger charge is 2.42. The Labute approximate surface area is 161 Å². The van der Waals surface area contributed by atoms with Crippen LogP contribution in [0.3, 0.4) is 0 Å². The van der Waals surface area contributed by atoms with Crippen LogP contribution in [0.2, 0.25) is 0 Å². The maximum absolute atomic E-state index is 12.6. The molecule has 27 heavy (non-hydrogen) atoms. The summed E-state index contributed by atoms with van der Waals surface area (Å²) in [6.45, 7) is 5.18. The van der Waals surface area contributed by atoms with E-state index in [1.54, 1.807) is 19.2 Å². The standard InChI is InChI=1S/C21H31NO5/c1-4-27-20(24)21(11-14-25-2)10-6-13-22(16-21)12-5-7-17-8-9-18(23)19(15-17)26-3/h5,7-9,15,23H,4,6,10-14,16H2,1-3H3/b7-5+/t21-/m1/s1. The average molecular weight is 377 g/mol. The van der Waals surface area contributed by atoms with E-state index in [9.17, 15) is 9.90 Å². The Bertz CT molecular complexity index is 645. The van der Waals surface area contributed by atoms with Gasteiger partial charge in [0.05, 0.1) is 19.1 Å². The Kier molecular flexibility index (Phi) is 8.13. The fraction of sp³-hybridized carbons (Fsp3) is 0.571. The number of piperidine rings is 1. The van der Waals surface area contributed by atoms with E-state index in [4.69, 9.17) is 14.2 Å². The number of hydrogen-bond donors (Lipinski definition) is 1. The topological polar surface area (TPSA) is 68.2 Å². The molecule has 1 saturated heterocycles. The van der Waals surface area contributed by atoms with Crippen LogP contribution in [-0.4, -0.2) is 63.0 Å². The number of likely N-dealkylation sites (tertiary alicyclic amines) is 1. The highest BCUT2D eigenvalue weighted by Crippen LogP contribution is 2.35. The Morgan fingerprint density at radius 3 is 2.89 bits per heavy atom. The monoisotopic (exact) mass is 377 g/mol. The predicted octanol–water partition coefficient (Wildman–Crippen LogP) is 3.10. The maximum Gasteiger partial charge on any atom is 0.313 e. The van der Waals surface area contributed by atoms with Crippen LogP contribution in [0.15, 0.2) is 24.3 Å². The molecule has 0 spiro atoms. The highest BCUT2D eigenvalue weighted by molar-refractivity contribution is 5.77. The van der Waals surface area contributed by atoms with Gasteiger partial charge < -0.3 is 19.3 Å². The van der Waals surface area contributed by atoms with Crippen molar-refractivity contribution < 1.29 is 24.1 Å². The summed E-state index contributed by atoms with van der Waals surface area (Å²) >= 11 is 0. The molecule has 1 aliphatic heterocycles. The fourth-order valence-electron chi connectivity index (χ4n) is 3.57. The number of aromatic hydroxyl groups is 1. The van der Waals surface area contributed by atoms with E-state index in [2.05, 4.69) is 11.0 Å². The van der Waals surface area contributed by atoms with Gasteiger partial charge in [-0.05, 0) is 50.4 Å². The third-order valence-corrected chi connectivity index (χ3v) is 5.03. The van der Waals surface area contributed by atoms with Gasteiger partial charge in [0, 0.05) is 26.8 Å². The molecule has 1 aromatic carbocycles. The third-order valence-electron chi connectivity index (χ3n) is 5.03. The van der Waals surface area contributed by atoms with Crippen molar-refractivity contribution in [2.75, 3.05) is 47.1 Å². The van der Waals surface area contributed by atoms with Crippen LogP contribution < -0.4 is 4.74 Å². The molecule has 6 heteroatoms. The lowest BCUT2D eigenvalue weighted by Gasteiger charge is -2.40. The van der Waals surface area contributed by atoms with Crippen molar-refractivity contribution in [2.45, 2.75) is 26.2 Å². The van der Waals surface area contributed by atoms with Crippen molar-refractivity contribution in [3.8, 4) is 11.5 Å². The number of rotatable bonds is 9. The van der Waals surface area contributed by atoms with Crippen LogP contribution in [0.1, 0.15) is 31.7 Å². The number of ether oxygens (including phenoxy) is 3. The summed E-state index contributed by atoms with van der Waals surface area (Å²) in [6, 6.07) is 5.26. The highest BCUT2D eigenvalue weighted by atomic mass is 16.5. The van der Waals surface area contributed by atoms with Gasteiger partial charge >= 0.3 is 5.97 Å². The second-order valence-corrected chi connectivity index (χ2v) is 6.92. The summed E-state index contributed by atoms with van der Waals surface area (Å²) in [5.41, 5.74) is 0.470. The summed E-state index contributed by atoms with van der Waals surface area (Å²) in [7, 11) is 3.19. The lowest BCUT2D eigenvalue weighted by atomic mass is 9.77. The molecule has 1 aliphatic rings. The van der Waals surface area contributed by atoms with Crippen molar-refractivity contribution in [3.63, 3.8) is 0 Å². The molecule has 0 radical (unpaired) electrons. The first-order chi connectivity index (χ1) is 13.0. The van der Waals surface area contributed by atoms with Gasteiger partial charge in [0.1, 0.15) is 0 Å². The zero-order valence-electron chi connectivity index (χ0n) is 16.6. The first kappa shape index (κ1) is 21.3. The molecule has 1 fully saturated rings. The summed E-state index contributed by atoms with van der Waals surface area (Å²) in [5.74, 6) is 0.470. The second-order valence-electron chi connectivity index (χ2n) is 6.92. The smallest absolute Gasteiger partial charge is 0.313 e. The molecule has 150 valence electrons. The van der Waals surface area contributed by atoms with E-state index in [1.165, 1.54) is 7.11 Å². The molecule has 1 N–H and O–H groups in total. The molecule has 1 aromatic rings. The van der Waals surface area contributed by atoms with Crippen molar-refractivity contribution in [1.82, 2.24) is 4.90 Å². The zero-order valence-corrected chi connectivity index (χ0v) is 16.6. The molecule has 0 unspecified atom stereocenters. The minimum atomic E-state index is -0.486. The molecular weight excluding hydrogens is 346 g/mol. The normalized spacial score (nSPS) is 20.7. The third kappa shape index (κ3) is 5.71. The van der Waals surface area contributed by atoms with Crippen molar-refractivity contribution in [1.29, 1.82) is 0 Å². The quantitative estimate of drug-likeness (QED) is 0.667. The summed E-state index contributed by atoms with van der Waals surface area (Å²) in [6.07, 6.45) is 6.55. The van der Waals surface area contributed by atoms with E-state index in [0.29, 0.717) is 31.9 Å². The molecule has 6 nitrogen and oxygen atoms in total. The average Bonchev–Trinajstić information content (AvgIpc) is 2.68. The Morgan fingerprint density at radius 2 is 2.19 bits per heavy atom. The lowest BCUT2D eigenvalue weighted by Crippen LogP contribution is -2.49. The first-order valence-corrected chi connectivity index (χ1v) is 9.46. The van der Waals surface area contributed by atoms with Crippen LogP contribution in [0, 0.1) is 5.41 Å². The Morgan fingerprint density at radius 1 is 1.37 bits per heavy atom. The number of hydrogen-bond acceptors (Lipinski definition) is 6. The predicted molar refractivity (Wildman–Crippen MR) is 105 cm³/mol. The molecule has 0 amide bonds. The first-order valence-electron chi connectivity index (χ1n) is 9.46. The number of benzene rings is 1. The molecule has 1 heterocycles. The Hall–Kier alpha value is -2.05. The van der Waals surface area contributed by atoms with Gasteiger partial charge in [-0.1, -0.05) is 18.2 Å². The van der Waals surface area contributed by atoms with Crippen LogP contribution in [-0.2, 0) is 14.3 Å². The minimum Gasteiger partial charge on any atom is -0.504 e. The number of nitrogens with zero attached hydrogens (tertiary/aromatic N) is 1. The molecule has 0 aliphatic carbocycles. The zero-order chi connectivity index (χ0) is 19.7. The van der Waals surface area contributed by atoms with Gasteiger partial charge in [-0.15, -0.1) is 0 Å². The summed E-state index contributed by atoms with van der Waals surface area (Å²) in [4.78, 5) is 14.9. The van der Waals surface area contributed by atoms with Crippen molar-refractivity contribution in [2.24, 2.45) is 5.41 Å². The van der Waals surface area contributed by atoms with E-state index < -0.39 is 5.41 Å². The molecule has 0 saturated carbocycles. The summed E-state index contributed by atoms with van der Waals surface area (Å²) in [5, 5.41) is 9.68.